The van der Waals surface area contributed by atoms with E-state index in [0.29, 0.717) is 19.3 Å². The third-order valence-corrected chi connectivity index (χ3v) is 6.18. The molecule has 0 radical (unpaired) electrons. The highest BCUT2D eigenvalue weighted by molar-refractivity contribution is 6.06. The summed E-state index contributed by atoms with van der Waals surface area (Å²) in [6.07, 6.45) is 4.35. The molecule has 2 rings (SSSR count). The number of amides is 2. The summed E-state index contributed by atoms with van der Waals surface area (Å²) < 4.78 is 10.1. The van der Waals surface area contributed by atoms with Crippen LogP contribution in [-0.4, -0.2) is 59.6 Å². The Bertz CT molecular complexity index is 685. The molecule has 1 saturated heterocycles. The van der Waals surface area contributed by atoms with Crippen molar-refractivity contribution in [2.45, 2.75) is 45.6 Å². The van der Waals surface area contributed by atoms with Crippen molar-refractivity contribution in [3.63, 3.8) is 0 Å². The molecule has 6 atom stereocenters. The smallest absolute Gasteiger partial charge is 0.334 e. The highest BCUT2D eigenvalue weighted by atomic mass is 16.5. The Morgan fingerprint density at radius 3 is 2.16 bits per heavy atom. The quantitative estimate of drug-likeness (QED) is 0.283. The third kappa shape index (κ3) is 6.03. The van der Waals surface area contributed by atoms with E-state index in [1.165, 1.54) is 11.8 Å². The zero-order valence-corrected chi connectivity index (χ0v) is 18.3. The first-order valence-corrected chi connectivity index (χ1v) is 10.8. The summed E-state index contributed by atoms with van der Waals surface area (Å²) in [5.41, 5.74) is 0. The highest BCUT2D eigenvalue weighted by Gasteiger charge is 2.56. The van der Waals surface area contributed by atoms with Crippen molar-refractivity contribution in [3.8, 4) is 0 Å². The van der Waals surface area contributed by atoms with Gasteiger partial charge in [-0.1, -0.05) is 19.1 Å². The number of hydrogen-bond acceptors (Lipinski definition) is 7. The van der Waals surface area contributed by atoms with E-state index >= 15 is 0 Å². The second-order valence-corrected chi connectivity index (χ2v) is 8.41. The van der Waals surface area contributed by atoms with Gasteiger partial charge in [0.1, 0.15) is 12.7 Å². The summed E-state index contributed by atoms with van der Waals surface area (Å²) >= 11 is 0. The van der Waals surface area contributed by atoms with Crippen molar-refractivity contribution in [1.82, 2.24) is 4.90 Å². The number of nitrogens with zero attached hydrogens (tertiary/aromatic N) is 1. The van der Waals surface area contributed by atoms with Crippen molar-refractivity contribution >= 4 is 23.8 Å². The van der Waals surface area contributed by atoms with Crippen LogP contribution in [0.4, 0.5) is 0 Å². The van der Waals surface area contributed by atoms with Crippen LogP contribution in [0, 0.1) is 29.6 Å². The fourth-order valence-corrected chi connectivity index (χ4v) is 4.30. The number of rotatable bonds is 12. The molecule has 0 aromatic rings. The minimum atomic E-state index is -1.15. The largest absolute Gasteiger partial charge is 0.464 e. The lowest BCUT2D eigenvalue weighted by atomic mass is 9.89. The van der Waals surface area contributed by atoms with Crippen molar-refractivity contribution in [2.75, 3.05) is 19.8 Å². The molecule has 0 bridgehead atoms. The van der Waals surface area contributed by atoms with E-state index in [1.54, 1.807) is 12.2 Å². The Balaban J connectivity index is 1.71. The van der Waals surface area contributed by atoms with E-state index in [0.717, 1.165) is 0 Å². The van der Waals surface area contributed by atoms with Gasteiger partial charge in [-0.05, 0) is 43.9 Å². The fraction of sp³-hybridized carbons (Fsp3) is 0.652. The Kier molecular flexibility index (Phi) is 8.98. The van der Waals surface area contributed by atoms with Gasteiger partial charge in [0, 0.05) is 6.42 Å². The molecule has 1 aliphatic carbocycles. The maximum atomic E-state index is 12.7. The number of imide groups is 1. The first-order chi connectivity index (χ1) is 14.7. The minimum absolute atomic E-state index is 0.0341. The average Bonchev–Trinajstić information content (AvgIpc) is 3.23. The van der Waals surface area contributed by atoms with Gasteiger partial charge in [-0.25, -0.2) is 4.79 Å². The standard InChI is InChI=1S/C23H33NO7/c1-5-16-13-17(6-2)20-19(16)21(27)24(22(20)28)10-12-30-18(26)8-7-14(3)9-11-31-23(29)15(4)25/h5-6,14-17,19-20,25H,1-2,7-13H2,3-4H3/t14?,15-,16?,17?,19?,20?/m0/s1. The van der Waals surface area contributed by atoms with E-state index in [4.69, 9.17) is 14.6 Å². The molecule has 1 heterocycles. The maximum Gasteiger partial charge on any atom is 0.334 e. The Morgan fingerprint density at radius 2 is 1.65 bits per heavy atom. The number of ether oxygens (including phenoxy) is 2. The van der Waals surface area contributed by atoms with Crippen LogP contribution in [0.25, 0.3) is 0 Å². The van der Waals surface area contributed by atoms with Crippen LogP contribution in [0.1, 0.15) is 39.5 Å². The van der Waals surface area contributed by atoms with Crippen molar-refractivity contribution in [3.05, 3.63) is 25.3 Å². The lowest BCUT2D eigenvalue weighted by Gasteiger charge is -2.18. The van der Waals surface area contributed by atoms with Crippen LogP contribution < -0.4 is 0 Å². The minimum Gasteiger partial charge on any atom is -0.464 e. The van der Waals surface area contributed by atoms with E-state index in [-0.39, 0.29) is 55.7 Å². The highest BCUT2D eigenvalue weighted by Crippen LogP contribution is 2.48. The molecule has 5 unspecified atom stereocenters. The lowest BCUT2D eigenvalue weighted by molar-refractivity contribution is -0.153. The number of aliphatic hydroxyl groups is 1. The SMILES string of the molecule is C=CC1CC(C=C)C2C(=O)N(CCOC(=O)CCC(C)CCOC(=O)[C@H](C)O)C(=O)C12. The molecule has 2 aliphatic rings. The zero-order chi connectivity index (χ0) is 23.1. The number of likely N-dealkylation sites (tertiary alicyclic amines) is 1. The van der Waals surface area contributed by atoms with Crippen LogP contribution in [0.5, 0.6) is 0 Å². The number of allylic oxidation sites excluding steroid dienone is 2. The second kappa shape index (κ2) is 11.2. The van der Waals surface area contributed by atoms with Gasteiger partial charge >= 0.3 is 11.9 Å². The molecule has 31 heavy (non-hydrogen) atoms. The first kappa shape index (κ1) is 24.8. The predicted octanol–water partition coefficient (Wildman–Crippen LogP) is 1.87. The molecule has 1 aliphatic heterocycles. The number of carbonyl (C=O) groups is 4. The van der Waals surface area contributed by atoms with Gasteiger partial charge in [0.15, 0.2) is 0 Å². The topological polar surface area (TPSA) is 110 Å². The molecule has 0 aromatic carbocycles. The van der Waals surface area contributed by atoms with Gasteiger partial charge < -0.3 is 14.6 Å². The molecule has 1 saturated carbocycles. The Hall–Kier alpha value is -2.48. The average molecular weight is 436 g/mol. The summed E-state index contributed by atoms with van der Waals surface area (Å²) in [5.74, 6) is -2.26. The Labute approximate surface area is 183 Å². The van der Waals surface area contributed by atoms with Crippen LogP contribution in [0.2, 0.25) is 0 Å². The number of esters is 2. The number of carbonyl (C=O) groups excluding carboxylic acids is 4. The fourth-order valence-electron chi connectivity index (χ4n) is 4.30. The van der Waals surface area contributed by atoms with Crippen LogP contribution in [0.15, 0.2) is 25.3 Å². The van der Waals surface area contributed by atoms with Crippen molar-refractivity contribution in [2.24, 2.45) is 29.6 Å². The Morgan fingerprint density at radius 1 is 1.06 bits per heavy atom. The van der Waals surface area contributed by atoms with E-state index in [9.17, 15) is 19.2 Å². The van der Waals surface area contributed by atoms with Gasteiger partial charge in [0.2, 0.25) is 11.8 Å². The molecule has 1 N–H and O–H groups in total. The molecule has 8 heteroatoms. The van der Waals surface area contributed by atoms with Crippen LogP contribution in [-0.2, 0) is 28.7 Å². The van der Waals surface area contributed by atoms with Crippen LogP contribution >= 0.6 is 0 Å². The van der Waals surface area contributed by atoms with Gasteiger partial charge in [0.25, 0.3) is 0 Å². The number of hydrogen-bond donors (Lipinski definition) is 1. The summed E-state index contributed by atoms with van der Waals surface area (Å²) in [6, 6.07) is 0. The summed E-state index contributed by atoms with van der Waals surface area (Å²) in [6.45, 7) is 11.0. The number of fused-ring (bicyclic) bond motifs is 1. The molecule has 2 amide bonds. The van der Waals surface area contributed by atoms with Crippen LogP contribution in [0.3, 0.4) is 0 Å². The summed E-state index contributed by atoms with van der Waals surface area (Å²) in [5, 5.41) is 9.06. The van der Waals surface area contributed by atoms with Gasteiger partial charge in [-0.3, -0.25) is 19.3 Å². The zero-order valence-electron chi connectivity index (χ0n) is 18.3. The second-order valence-electron chi connectivity index (χ2n) is 8.41. The van der Waals surface area contributed by atoms with Crippen molar-refractivity contribution in [1.29, 1.82) is 0 Å². The summed E-state index contributed by atoms with van der Waals surface area (Å²) in [7, 11) is 0. The molecule has 2 fully saturated rings. The summed E-state index contributed by atoms with van der Waals surface area (Å²) in [4.78, 5) is 49.9. The van der Waals surface area contributed by atoms with Crippen molar-refractivity contribution < 1.29 is 33.8 Å². The normalized spacial score (nSPS) is 26.9. The van der Waals surface area contributed by atoms with Gasteiger partial charge in [-0.15, -0.1) is 13.2 Å². The molecular weight excluding hydrogens is 402 g/mol. The van der Waals surface area contributed by atoms with E-state index < -0.39 is 29.9 Å². The maximum absolute atomic E-state index is 12.7. The molecule has 0 spiro atoms. The molecule has 172 valence electrons. The van der Waals surface area contributed by atoms with E-state index in [1.807, 2.05) is 6.92 Å². The van der Waals surface area contributed by atoms with Gasteiger partial charge in [-0.2, -0.15) is 0 Å². The van der Waals surface area contributed by atoms with E-state index in [2.05, 4.69) is 13.2 Å². The van der Waals surface area contributed by atoms with Gasteiger partial charge in [0.05, 0.1) is 25.0 Å². The molecule has 0 aromatic heterocycles. The first-order valence-electron chi connectivity index (χ1n) is 10.8. The molecular formula is C23H33NO7. The lowest BCUT2D eigenvalue weighted by Crippen LogP contribution is -2.36. The third-order valence-electron chi connectivity index (χ3n) is 6.18. The predicted molar refractivity (Wildman–Crippen MR) is 112 cm³/mol. The molecule has 8 nitrogen and oxygen atoms in total. The monoisotopic (exact) mass is 435 g/mol. The number of aliphatic hydroxyl groups excluding tert-OH is 1.